The van der Waals surface area contributed by atoms with Crippen molar-refractivity contribution < 1.29 is 14.6 Å². The van der Waals surface area contributed by atoms with Crippen molar-refractivity contribution in [1.82, 2.24) is 4.90 Å². The van der Waals surface area contributed by atoms with Gasteiger partial charge >= 0.3 is 5.97 Å². The molecular weight excluding hydrogens is 254 g/mol. The first-order chi connectivity index (χ1) is 9.72. The van der Waals surface area contributed by atoms with Crippen LogP contribution >= 0.6 is 0 Å². The molecule has 1 heterocycles. The Hall–Kier alpha value is -1.55. The lowest BCUT2D eigenvalue weighted by Crippen LogP contribution is -2.36. The zero-order chi connectivity index (χ0) is 14.4. The summed E-state index contributed by atoms with van der Waals surface area (Å²) in [4.78, 5) is 13.8. The average molecular weight is 277 g/mol. The number of carbonyl (C=O) groups is 1. The Balaban J connectivity index is 2.17. The molecule has 0 aromatic heterocycles. The van der Waals surface area contributed by atoms with Crippen molar-refractivity contribution in [2.45, 2.75) is 38.1 Å². The molecule has 0 spiro atoms. The summed E-state index contributed by atoms with van der Waals surface area (Å²) in [6.45, 7) is 1.73. The first kappa shape index (κ1) is 14.9. The number of ether oxygens (including phenoxy) is 1. The maximum absolute atomic E-state index is 11.7. The summed E-state index contributed by atoms with van der Waals surface area (Å²) >= 11 is 0. The van der Waals surface area contributed by atoms with Gasteiger partial charge in [-0.25, -0.2) is 0 Å². The number of likely N-dealkylation sites (tertiary alicyclic amines) is 1. The number of rotatable bonds is 4. The van der Waals surface area contributed by atoms with Crippen molar-refractivity contribution in [1.29, 1.82) is 0 Å². The Labute approximate surface area is 120 Å². The van der Waals surface area contributed by atoms with Gasteiger partial charge < -0.3 is 9.84 Å². The third-order valence-corrected chi connectivity index (χ3v) is 3.92. The number of hydrogen-bond acceptors (Lipinski definition) is 3. The van der Waals surface area contributed by atoms with Gasteiger partial charge in [-0.15, -0.1) is 0 Å². The van der Waals surface area contributed by atoms with Crippen molar-refractivity contribution in [3.63, 3.8) is 0 Å². The minimum atomic E-state index is -0.768. The van der Waals surface area contributed by atoms with E-state index in [0.717, 1.165) is 37.2 Å². The summed E-state index contributed by atoms with van der Waals surface area (Å²) in [7, 11) is 1.61. The van der Waals surface area contributed by atoms with Gasteiger partial charge in [-0.2, -0.15) is 0 Å². The Morgan fingerprint density at radius 2 is 1.65 bits per heavy atom. The fourth-order valence-electron chi connectivity index (χ4n) is 2.83. The molecule has 1 aromatic carbocycles. The van der Waals surface area contributed by atoms with Gasteiger partial charge in [0, 0.05) is 0 Å². The van der Waals surface area contributed by atoms with E-state index >= 15 is 0 Å². The van der Waals surface area contributed by atoms with Crippen molar-refractivity contribution >= 4 is 5.97 Å². The number of aliphatic carboxylic acids is 1. The normalized spacial score (nSPS) is 18.9. The van der Waals surface area contributed by atoms with E-state index < -0.39 is 12.0 Å². The molecule has 0 radical (unpaired) electrons. The van der Waals surface area contributed by atoms with Crippen LogP contribution in [0.2, 0.25) is 0 Å². The summed E-state index contributed by atoms with van der Waals surface area (Å²) in [6.07, 6.45) is 5.84. The van der Waals surface area contributed by atoms with Crippen LogP contribution in [0.15, 0.2) is 24.3 Å². The highest BCUT2D eigenvalue weighted by molar-refractivity contribution is 5.75. The van der Waals surface area contributed by atoms with Crippen molar-refractivity contribution in [2.24, 2.45) is 0 Å². The molecule has 1 saturated heterocycles. The van der Waals surface area contributed by atoms with E-state index in [0.29, 0.717) is 0 Å². The summed E-state index contributed by atoms with van der Waals surface area (Å²) in [5.41, 5.74) is 0.832. The van der Waals surface area contributed by atoms with Crippen LogP contribution in [0.5, 0.6) is 5.75 Å². The number of carboxylic acid groups (broad SMARTS) is 1. The van der Waals surface area contributed by atoms with Gasteiger partial charge in [0.2, 0.25) is 0 Å². The zero-order valence-electron chi connectivity index (χ0n) is 12.0. The topological polar surface area (TPSA) is 49.8 Å². The predicted octanol–water partition coefficient (Wildman–Crippen LogP) is 3.09. The molecule has 1 N–H and O–H groups in total. The number of carboxylic acids is 1. The second-order valence-electron chi connectivity index (χ2n) is 5.32. The summed E-state index contributed by atoms with van der Waals surface area (Å²) in [5, 5.41) is 9.59. The number of hydrogen-bond donors (Lipinski definition) is 1. The molecule has 1 aliphatic heterocycles. The molecule has 0 saturated carbocycles. The molecule has 1 atom stereocenters. The maximum atomic E-state index is 11.7. The largest absolute Gasteiger partial charge is 0.497 e. The van der Waals surface area contributed by atoms with E-state index in [4.69, 9.17) is 4.74 Å². The Bertz CT molecular complexity index is 422. The standard InChI is InChI=1S/C16H23NO3/c1-20-14-9-7-13(8-10-14)15(16(18)19)17-11-5-3-2-4-6-12-17/h7-10,15H,2-6,11-12H2,1H3,(H,18,19). The van der Waals surface area contributed by atoms with E-state index in [1.54, 1.807) is 7.11 Å². The van der Waals surface area contributed by atoms with Gasteiger partial charge in [0.25, 0.3) is 0 Å². The van der Waals surface area contributed by atoms with Crippen LogP contribution in [-0.2, 0) is 4.79 Å². The van der Waals surface area contributed by atoms with Crippen molar-refractivity contribution in [3.05, 3.63) is 29.8 Å². The lowest BCUT2D eigenvalue weighted by molar-refractivity contribution is -0.143. The summed E-state index contributed by atoms with van der Waals surface area (Å²) in [5.74, 6) is -0.0127. The molecule has 2 rings (SSSR count). The molecule has 4 nitrogen and oxygen atoms in total. The van der Waals surface area contributed by atoms with Crippen LogP contribution in [0, 0.1) is 0 Å². The highest BCUT2D eigenvalue weighted by Crippen LogP contribution is 2.25. The summed E-state index contributed by atoms with van der Waals surface area (Å²) < 4.78 is 5.13. The fraction of sp³-hybridized carbons (Fsp3) is 0.562. The van der Waals surface area contributed by atoms with Gasteiger partial charge in [0.05, 0.1) is 7.11 Å². The summed E-state index contributed by atoms with van der Waals surface area (Å²) in [6, 6.07) is 6.83. The van der Waals surface area contributed by atoms with E-state index in [1.807, 2.05) is 24.3 Å². The third-order valence-electron chi connectivity index (χ3n) is 3.92. The monoisotopic (exact) mass is 277 g/mol. The first-order valence-electron chi connectivity index (χ1n) is 7.33. The van der Waals surface area contributed by atoms with E-state index in [9.17, 15) is 9.90 Å². The molecule has 0 aliphatic carbocycles. The SMILES string of the molecule is COc1ccc(C(C(=O)O)N2CCCCCCC2)cc1. The molecule has 1 unspecified atom stereocenters. The minimum absolute atomic E-state index is 0.543. The van der Waals surface area contributed by atoms with Gasteiger partial charge in [0.15, 0.2) is 0 Å². The number of benzene rings is 1. The lowest BCUT2D eigenvalue weighted by Gasteiger charge is -2.30. The second kappa shape index (κ2) is 7.29. The van der Waals surface area contributed by atoms with Crippen LogP contribution < -0.4 is 4.74 Å². The predicted molar refractivity (Wildman–Crippen MR) is 78.0 cm³/mol. The van der Waals surface area contributed by atoms with E-state index in [2.05, 4.69) is 4.90 Å². The fourth-order valence-corrected chi connectivity index (χ4v) is 2.83. The third kappa shape index (κ3) is 3.73. The van der Waals surface area contributed by atoms with Gasteiger partial charge in [-0.3, -0.25) is 9.69 Å². The maximum Gasteiger partial charge on any atom is 0.325 e. The van der Waals surface area contributed by atoms with Crippen molar-refractivity contribution in [2.75, 3.05) is 20.2 Å². The lowest BCUT2D eigenvalue weighted by atomic mass is 10.0. The molecule has 0 bridgehead atoms. The Kier molecular flexibility index (Phi) is 5.41. The highest BCUT2D eigenvalue weighted by Gasteiger charge is 2.27. The second-order valence-corrected chi connectivity index (χ2v) is 5.32. The molecule has 20 heavy (non-hydrogen) atoms. The molecule has 110 valence electrons. The molecular formula is C16H23NO3. The van der Waals surface area contributed by atoms with Crippen LogP contribution in [0.1, 0.15) is 43.7 Å². The van der Waals surface area contributed by atoms with Crippen LogP contribution in [0.3, 0.4) is 0 Å². The molecule has 0 amide bonds. The smallest absolute Gasteiger partial charge is 0.325 e. The Morgan fingerprint density at radius 1 is 1.10 bits per heavy atom. The molecule has 1 aromatic rings. The minimum Gasteiger partial charge on any atom is -0.497 e. The molecule has 4 heteroatoms. The van der Waals surface area contributed by atoms with Gasteiger partial charge in [-0.1, -0.05) is 31.4 Å². The number of methoxy groups -OCH3 is 1. The van der Waals surface area contributed by atoms with Gasteiger partial charge in [0.1, 0.15) is 11.8 Å². The first-order valence-corrected chi connectivity index (χ1v) is 7.33. The van der Waals surface area contributed by atoms with Gasteiger partial charge in [-0.05, 0) is 43.6 Å². The molecule has 1 fully saturated rings. The number of nitrogens with zero attached hydrogens (tertiary/aromatic N) is 1. The van der Waals surface area contributed by atoms with Crippen molar-refractivity contribution in [3.8, 4) is 5.75 Å². The zero-order valence-corrected chi connectivity index (χ0v) is 12.0. The molecule has 1 aliphatic rings. The quantitative estimate of drug-likeness (QED) is 0.919. The van der Waals surface area contributed by atoms with Crippen LogP contribution in [0.4, 0.5) is 0 Å². The highest BCUT2D eigenvalue weighted by atomic mass is 16.5. The van der Waals surface area contributed by atoms with Crippen LogP contribution in [-0.4, -0.2) is 36.2 Å². The average Bonchev–Trinajstić information content (AvgIpc) is 2.41. The van der Waals surface area contributed by atoms with Crippen LogP contribution in [0.25, 0.3) is 0 Å². The van der Waals surface area contributed by atoms with E-state index in [-0.39, 0.29) is 0 Å². The Morgan fingerprint density at radius 3 is 2.15 bits per heavy atom. The van der Waals surface area contributed by atoms with E-state index in [1.165, 1.54) is 19.3 Å².